The van der Waals surface area contributed by atoms with E-state index in [0.29, 0.717) is 6.61 Å². The molecule has 1 aromatic carbocycles. The van der Waals surface area contributed by atoms with Crippen molar-refractivity contribution in [2.75, 3.05) is 13.2 Å². The van der Waals surface area contributed by atoms with E-state index in [1.807, 2.05) is 0 Å². The first-order valence-electron chi connectivity index (χ1n) is 6.35. The lowest BCUT2D eigenvalue weighted by atomic mass is 9.83. The predicted octanol–water partition coefficient (Wildman–Crippen LogP) is 1.96. The fourth-order valence-electron chi connectivity index (χ4n) is 2.73. The molecular weight excluding hydrogens is 214 g/mol. The van der Waals surface area contributed by atoms with E-state index in [4.69, 9.17) is 4.84 Å². The zero-order valence-corrected chi connectivity index (χ0v) is 9.89. The Morgan fingerprint density at radius 3 is 2.88 bits per heavy atom. The second-order valence-electron chi connectivity index (χ2n) is 4.84. The van der Waals surface area contributed by atoms with Gasteiger partial charge >= 0.3 is 0 Å². The number of aryl methyl sites for hydroxylation is 1. The standard InChI is InChI=1S/C14H17NO2/c16-14(15-8-3-9-17-15)13-7-6-11-4-1-2-5-12(11)10-13/h1-2,4-5,13H,3,6-10H2. The van der Waals surface area contributed by atoms with Gasteiger partial charge in [-0.25, -0.2) is 5.06 Å². The van der Waals surface area contributed by atoms with Crippen LogP contribution in [0, 0.1) is 5.92 Å². The lowest BCUT2D eigenvalue weighted by molar-refractivity contribution is -0.173. The molecule has 0 saturated carbocycles. The lowest BCUT2D eigenvalue weighted by Crippen LogP contribution is -2.35. The Morgan fingerprint density at radius 1 is 1.29 bits per heavy atom. The molecule has 1 saturated heterocycles. The maximum absolute atomic E-state index is 12.2. The molecule has 1 unspecified atom stereocenters. The van der Waals surface area contributed by atoms with Gasteiger partial charge in [-0.1, -0.05) is 24.3 Å². The summed E-state index contributed by atoms with van der Waals surface area (Å²) in [6, 6.07) is 8.44. The van der Waals surface area contributed by atoms with Crippen molar-refractivity contribution in [3.8, 4) is 0 Å². The molecule has 0 bridgehead atoms. The van der Waals surface area contributed by atoms with Crippen LogP contribution in [0.1, 0.15) is 24.0 Å². The minimum atomic E-state index is 0.114. The quantitative estimate of drug-likeness (QED) is 0.739. The Balaban J connectivity index is 1.73. The summed E-state index contributed by atoms with van der Waals surface area (Å²) in [5.41, 5.74) is 2.73. The maximum Gasteiger partial charge on any atom is 0.249 e. The Bertz CT molecular complexity index is 424. The highest BCUT2D eigenvalue weighted by atomic mass is 16.7. The SMILES string of the molecule is O=C(C1CCc2ccccc2C1)N1CCCO1. The molecule has 2 aliphatic rings. The van der Waals surface area contributed by atoms with E-state index in [2.05, 4.69) is 24.3 Å². The average molecular weight is 231 g/mol. The summed E-state index contributed by atoms with van der Waals surface area (Å²) in [4.78, 5) is 17.6. The Labute approximate surface area is 101 Å². The number of rotatable bonds is 1. The Hall–Kier alpha value is -1.35. The average Bonchev–Trinajstić information content (AvgIpc) is 2.91. The molecule has 1 atom stereocenters. The maximum atomic E-state index is 12.2. The van der Waals surface area contributed by atoms with Crippen LogP contribution in [0.4, 0.5) is 0 Å². The summed E-state index contributed by atoms with van der Waals surface area (Å²) in [5, 5.41) is 1.57. The zero-order chi connectivity index (χ0) is 11.7. The zero-order valence-electron chi connectivity index (χ0n) is 9.89. The van der Waals surface area contributed by atoms with Crippen molar-refractivity contribution in [3.05, 3.63) is 35.4 Å². The number of carbonyl (C=O) groups excluding carboxylic acids is 1. The molecule has 3 heteroatoms. The van der Waals surface area contributed by atoms with Crippen LogP contribution in [0.3, 0.4) is 0 Å². The van der Waals surface area contributed by atoms with Crippen molar-refractivity contribution < 1.29 is 9.63 Å². The summed E-state index contributed by atoms with van der Waals surface area (Å²) in [6.07, 6.45) is 3.81. The van der Waals surface area contributed by atoms with Crippen LogP contribution in [0.25, 0.3) is 0 Å². The van der Waals surface area contributed by atoms with Gasteiger partial charge in [0.2, 0.25) is 5.91 Å². The smallest absolute Gasteiger partial charge is 0.249 e. The fourth-order valence-corrected chi connectivity index (χ4v) is 2.73. The van der Waals surface area contributed by atoms with E-state index in [1.165, 1.54) is 11.1 Å². The van der Waals surface area contributed by atoms with E-state index < -0.39 is 0 Å². The highest BCUT2D eigenvalue weighted by molar-refractivity contribution is 5.78. The van der Waals surface area contributed by atoms with Gasteiger partial charge in [0.1, 0.15) is 0 Å². The van der Waals surface area contributed by atoms with E-state index >= 15 is 0 Å². The van der Waals surface area contributed by atoms with Crippen LogP contribution in [-0.2, 0) is 22.5 Å². The summed E-state index contributed by atoms with van der Waals surface area (Å²) in [7, 11) is 0. The van der Waals surface area contributed by atoms with E-state index in [-0.39, 0.29) is 11.8 Å². The number of hydrogen-bond acceptors (Lipinski definition) is 2. The van der Waals surface area contributed by atoms with Crippen LogP contribution >= 0.6 is 0 Å². The number of fused-ring (bicyclic) bond motifs is 1. The molecule has 1 aromatic rings. The van der Waals surface area contributed by atoms with Gasteiger partial charge in [0.15, 0.2) is 0 Å². The van der Waals surface area contributed by atoms with Gasteiger partial charge in [-0.2, -0.15) is 0 Å². The largest absolute Gasteiger partial charge is 0.272 e. The molecule has 0 N–H and O–H groups in total. The van der Waals surface area contributed by atoms with Crippen molar-refractivity contribution in [1.82, 2.24) is 5.06 Å². The van der Waals surface area contributed by atoms with Crippen molar-refractivity contribution in [3.63, 3.8) is 0 Å². The second kappa shape index (κ2) is 4.49. The van der Waals surface area contributed by atoms with Gasteiger partial charge in [0, 0.05) is 5.92 Å². The number of amides is 1. The second-order valence-corrected chi connectivity index (χ2v) is 4.84. The van der Waals surface area contributed by atoms with Gasteiger partial charge in [-0.3, -0.25) is 9.63 Å². The molecule has 17 heavy (non-hydrogen) atoms. The van der Waals surface area contributed by atoms with Gasteiger partial charge in [0.05, 0.1) is 13.2 Å². The van der Waals surface area contributed by atoms with E-state index in [9.17, 15) is 4.79 Å². The van der Waals surface area contributed by atoms with Gasteiger partial charge in [0.25, 0.3) is 0 Å². The fraction of sp³-hybridized carbons (Fsp3) is 0.500. The first kappa shape index (κ1) is 10.8. The predicted molar refractivity (Wildman–Crippen MR) is 64.2 cm³/mol. The van der Waals surface area contributed by atoms with Crippen molar-refractivity contribution in [2.24, 2.45) is 5.92 Å². The minimum absolute atomic E-state index is 0.114. The summed E-state index contributed by atoms with van der Waals surface area (Å²) >= 11 is 0. The Morgan fingerprint density at radius 2 is 2.12 bits per heavy atom. The molecule has 0 radical (unpaired) electrons. The van der Waals surface area contributed by atoms with Crippen molar-refractivity contribution in [2.45, 2.75) is 25.7 Å². The third-order valence-electron chi connectivity index (χ3n) is 3.69. The van der Waals surface area contributed by atoms with Crippen LogP contribution in [0.5, 0.6) is 0 Å². The number of hydroxylamine groups is 2. The lowest BCUT2D eigenvalue weighted by Gasteiger charge is -2.26. The normalized spacial score (nSPS) is 23.5. The topological polar surface area (TPSA) is 29.5 Å². The molecule has 3 nitrogen and oxygen atoms in total. The van der Waals surface area contributed by atoms with Crippen LogP contribution in [0.2, 0.25) is 0 Å². The van der Waals surface area contributed by atoms with Gasteiger partial charge in [-0.05, 0) is 36.8 Å². The summed E-state index contributed by atoms with van der Waals surface area (Å²) in [6.45, 7) is 1.45. The van der Waals surface area contributed by atoms with Crippen LogP contribution < -0.4 is 0 Å². The molecule has 1 amide bonds. The molecular formula is C14H17NO2. The third kappa shape index (κ3) is 2.07. The Kier molecular flexibility index (Phi) is 2.85. The molecule has 1 aliphatic carbocycles. The molecule has 0 aromatic heterocycles. The molecule has 1 aliphatic heterocycles. The van der Waals surface area contributed by atoms with Gasteiger partial charge < -0.3 is 0 Å². The molecule has 1 heterocycles. The van der Waals surface area contributed by atoms with Crippen LogP contribution in [0.15, 0.2) is 24.3 Å². The minimum Gasteiger partial charge on any atom is -0.272 e. The van der Waals surface area contributed by atoms with Crippen molar-refractivity contribution in [1.29, 1.82) is 0 Å². The highest BCUT2D eigenvalue weighted by Crippen LogP contribution is 2.27. The number of benzene rings is 1. The molecule has 1 fully saturated rings. The van der Waals surface area contributed by atoms with E-state index in [0.717, 1.165) is 32.2 Å². The monoisotopic (exact) mass is 231 g/mol. The summed E-state index contributed by atoms with van der Waals surface area (Å²) < 4.78 is 0. The van der Waals surface area contributed by atoms with Gasteiger partial charge in [-0.15, -0.1) is 0 Å². The highest BCUT2D eigenvalue weighted by Gasteiger charge is 2.30. The van der Waals surface area contributed by atoms with Crippen LogP contribution in [-0.4, -0.2) is 24.1 Å². The number of hydrogen-bond donors (Lipinski definition) is 0. The third-order valence-corrected chi connectivity index (χ3v) is 3.69. The van der Waals surface area contributed by atoms with E-state index in [1.54, 1.807) is 5.06 Å². The number of carbonyl (C=O) groups is 1. The molecule has 90 valence electrons. The van der Waals surface area contributed by atoms with Crippen molar-refractivity contribution >= 4 is 5.91 Å². The summed E-state index contributed by atoms with van der Waals surface area (Å²) in [5.74, 6) is 0.292. The first-order valence-corrected chi connectivity index (χ1v) is 6.35. The first-order chi connectivity index (χ1) is 8.34. The molecule has 0 spiro atoms. The molecule has 3 rings (SSSR count). The number of nitrogens with zero attached hydrogens (tertiary/aromatic N) is 1.